The van der Waals surface area contributed by atoms with E-state index in [0.29, 0.717) is 0 Å². The molecule has 2 aromatic carbocycles. The SMILES string of the molecule is O=C1/C(=C\C=C/c2ccccc2)CCCC/C1=C\C=C/c1ccccc1. The van der Waals surface area contributed by atoms with Crippen molar-refractivity contribution in [1.82, 2.24) is 0 Å². The van der Waals surface area contributed by atoms with E-state index in [1.165, 1.54) is 0 Å². The van der Waals surface area contributed by atoms with Crippen LogP contribution < -0.4 is 0 Å². The van der Waals surface area contributed by atoms with Crippen molar-refractivity contribution in [3.63, 3.8) is 0 Å². The van der Waals surface area contributed by atoms with E-state index in [0.717, 1.165) is 48.0 Å². The van der Waals surface area contributed by atoms with E-state index in [1.807, 2.05) is 72.9 Å². The third-order valence-electron chi connectivity index (χ3n) is 4.50. The number of allylic oxidation sites excluding steroid dienone is 6. The molecule has 0 aliphatic heterocycles. The number of rotatable bonds is 4. The van der Waals surface area contributed by atoms with Crippen molar-refractivity contribution < 1.29 is 4.79 Å². The summed E-state index contributed by atoms with van der Waals surface area (Å²) in [5, 5.41) is 0. The van der Waals surface area contributed by atoms with Crippen molar-refractivity contribution in [3.8, 4) is 0 Å². The average Bonchev–Trinajstić information content (AvgIpc) is 2.86. The number of Topliss-reactive ketones (excluding diaryl/α,β-unsaturated/α-hetero) is 1. The first-order valence-corrected chi connectivity index (χ1v) is 9.22. The Morgan fingerprint density at radius 2 is 1.04 bits per heavy atom. The summed E-state index contributed by atoms with van der Waals surface area (Å²) in [6.45, 7) is 0. The smallest absolute Gasteiger partial charge is 0.184 e. The van der Waals surface area contributed by atoms with Crippen LogP contribution in [0.15, 0.2) is 96.1 Å². The number of ketones is 1. The van der Waals surface area contributed by atoms with Gasteiger partial charge in [-0.1, -0.05) is 97.1 Å². The molecule has 3 rings (SSSR count). The molecule has 0 bridgehead atoms. The monoisotopic (exact) mass is 340 g/mol. The summed E-state index contributed by atoms with van der Waals surface area (Å²) >= 11 is 0. The molecule has 0 atom stereocenters. The van der Waals surface area contributed by atoms with Gasteiger partial charge in [0.15, 0.2) is 5.78 Å². The topological polar surface area (TPSA) is 17.1 Å². The van der Waals surface area contributed by atoms with Gasteiger partial charge in [0.25, 0.3) is 0 Å². The highest BCUT2D eigenvalue weighted by Crippen LogP contribution is 2.24. The first-order valence-electron chi connectivity index (χ1n) is 9.22. The van der Waals surface area contributed by atoms with Gasteiger partial charge >= 0.3 is 0 Å². The number of hydrogen-bond acceptors (Lipinski definition) is 1. The Balaban J connectivity index is 1.72. The largest absolute Gasteiger partial charge is 0.289 e. The third-order valence-corrected chi connectivity index (χ3v) is 4.50. The minimum atomic E-state index is 0.193. The minimum Gasteiger partial charge on any atom is -0.289 e. The van der Waals surface area contributed by atoms with Crippen molar-refractivity contribution in [3.05, 3.63) is 107 Å². The van der Waals surface area contributed by atoms with E-state index in [2.05, 4.69) is 24.3 Å². The lowest BCUT2D eigenvalue weighted by molar-refractivity contribution is -0.112. The van der Waals surface area contributed by atoms with E-state index in [1.54, 1.807) is 0 Å². The van der Waals surface area contributed by atoms with Gasteiger partial charge in [-0.05, 0) is 48.0 Å². The zero-order valence-corrected chi connectivity index (χ0v) is 15.0. The van der Waals surface area contributed by atoms with Crippen LogP contribution >= 0.6 is 0 Å². The highest BCUT2D eigenvalue weighted by Gasteiger charge is 2.17. The van der Waals surface area contributed by atoms with Gasteiger partial charge in [0.2, 0.25) is 0 Å². The maximum Gasteiger partial charge on any atom is 0.184 e. The lowest BCUT2D eigenvalue weighted by Gasteiger charge is -2.02. The normalized spacial score (nSPS) is 18.8. The molecule has 0 spiro atoms. The average molecular weight is 340 g/mol. The molecule has 1 fully saturated rings. The van der Waals surface area contributed by atoms with Gasteiger partial charge in [-0.3, -0.25) is 4.79 Å². The summed E-state index contributed by atoms with van der Waals surface area (Å²) in [4.78, 5) is 12.8. The molecule has 130 valence electrons. The predicted molar refractivity (Wildman–Crippen MR) is 111 cm³/mol. The standard InChI is InChI=1S/C25H24O/c26-25-23(19-9-15-21-11-3-1-4-12-21)17-7-8-18-24(25)20-10-16-22-13-5-2-6-14-22/h1-6,9-16,19-20H,7-8,17-18H2/b15-9-,16-10-,23-19-,24-20+. The van der Waals surface area contributed by atoms with E-state index in [-0.39, 0.29) is 5.78 Å². The highest BCUT2D eigenvalue weighted by atomic mass is 16.1. The van der Waals surface area contributed by atoms with Crippen LogP contribution in [-0.2, 0) is 4.79 Å². The van der Waals surface area contributed by atoms with Crippen LogP contribution in [0.5, 0.6) is 0 Å². The van der Waals surface area contributed by atoms with Crippen LogP contribution in [0, 0.1) is 0 Å². The Labute approximate surface area is 156 Å². The molecular formula is C25H24O. The molecule has 0 heterocycles. The zero-order chi connectivity index (χ0) is 18.0. The van der Waals surface area contributed by atoms with Gasteiger partial charge in [0.05, 0.1) is 0 Å². The van der Waals surface area contributed by atoms with E-state index in [9.17, 15) is 4.79 Å². The fourth-order valence-corrected chi connectivity index (χ4v) is 3.06. The Bertz CT molecular complexity index is 765. The summed E-state index contributed by atoms with van der Waals surface area (Å²) in [5.74, 6) is 0.193. The van der Waals surface area contributed by atoms with E-state index in [4.69, 9.17) is 0 Å². The Morgan fingerprint density at radius 3 is 1.46 bits per heavy atom. The quantitative estimate of drug-likeness (QED) is 0.464. The second kappa shape index (κ2) is 9.53. The molecule has 26 heavy (non-hydrogen) atoms. The van der Waals surface area contributed by atoms with E-state index < -0.39 is 0 Å². The number of carbonyl (C=O) groups excluding carboxylic acids is 1. The van der Waals surface area contributed by atoms with Crippen LogP contribution in [0.2, 0.25) is 0 Å². The molecule has 0 saturated heterocycles. The Hall–Kier alpha value is -2.93. The van der Waals surface area contributed by atoms with Gasteiger partial charge in [0.1, 0.15) is 0 Å². The summed E-state index contributed by atoms with van der Waals surface area (Å²) in [6, 6.07) is 20.3. The molecule has 0 N–H and O–H groups in total. The van der Waals surface area contributed by atoms with Crippen molar-refractivity contribution in [2.24, 2.45) is 0 Å². The van der Waals surface area contributed by atoms with Crippen molar-refractivity contribution >= 4 is 17.9 Å². The minimum absolute atomic E-state index is 0.193. The van der Waals surface area contributed by atoms with E-state index >= 15 is 0 Å². The number of carbonyl (C=O) groups is 1. The molecule has 0 aromatic heterocycles. The Kier molecular flexibility index (Phi) is 6.55. The molecule has 0 amide bonds. The first-order chi connectivity index (χ1) is 12.8. The fraction of sp³-hybridized carbons (Fsp3) is 0.160. The van der Waals surface area contributed by atoms with Crippen LogP contribution in [0.3, 0.4) is 0 Å². The molecule has 1 aliphatic rings. The van der Waals surface area contributed by atoms with Crippen molar-refractivity contribution in [2.45, 2.75) is 25.7 Å². The first kappa shape index (κ1) is 17.9. The van der Waals surface area contributed by atoms with Crippen molar-refractivity contribution in [2.75, 3.05) is 0 Å². The molecule has 1 nitrogen and oxygen atoms in total. The molecule has 2 aromatic rings. The van der Waals surface area contributed by atoms with Gasteiger partial charge in [-0.2, -0.15) is 0 Å². The van der Waals surface area contributed by atoms with Gasteiger partial charge in [-0.25, -0.2) is 0 Å². The molecular weight excluding hydrogens is 316 g/mol. The Morgan fingerprint density at radius 1 is 0.615 bits per heavy atom. The van der Waals surface area contributed by atoms with Crippen LogP contribution in [-0.4, -0.2) is 5.78 Å². The second-order valence-corrected chi connectivity index (χ2v) is 6.46. The third kappa shape index (κ3) is 5.29. The van der Waals surface area contributed by atoms with Crippen LogP contribution in [0.25, 0.3) is 12.2 Å². The maximum absolute atomic E-state index is 12.8. The molecule has 0 unspecified atom stereocenters. The molecule has 0 radical (unpaired) electrons. The summed E-state index contributed by atoms with van der Waals surface area (Å²) in [7, 11) is 0. The highest BCUT2D eigenvalue weighted by molar-refractivity contribution is 6.08. The lowest BCUT2D eigenvalue weighted by atomic mass is 10.0. The van der Waals surface area contributed by atoms with Gasteiger partial charge < -0.3 is 0 Å². The van der Waals surface area contributed by atoms with Gasteiger partial charge in [-0.15, -0.1) is 0 Å². The molecule has 1 saturated carbocycles. The lowest BCUT2D eigenvalue weighted by Crippen LogP contribution is -2.03. The van der Waals surface area contributed by atoms with Gasteiger partial charge in [0, 0.05) is 0 Å². The van der Waals surface area contributed by atoms with Crippen molar-refractivity contribution in [1.29, 1.82) is 0 Å². The molecule has 1 heteroatoms. The fourth-order valence-electron chi connectivity index (χ4n) is 3.06. The molecule has 1 aliphatic carbocycles. The summed E-state index contributed by atoms with van der Waals surface area (Å²) < 4.78 is 0. The number of hydrogen-bond donors (Lipinski definition) is 0. The number of benzene rings is 2. The van der Waals surface area contributed by atoms with Crippen LogP contribution in [0.1, 0.15) is 36.8 Å². The summed E-state index contributed by atoms with van der Waals surface area (Å²) in [6.07, 6.45) is 15.9. The predicted octanol–water partition coefficient (Wildman–Crippen LogP) is 6.41. The second-order valence-electron chi connectivity index (χ2n) is 6.46. The van der Waals surface area contributed by atoms with Crippen LogP contribution in [0.4, 0.5) is 0 Å². The maximum atomic E-state index is 12.8. The zero-order valence-electron chi connectivity index (χ0n) is 15.0. The summed E-state index contributed by atoms with van der Waals surface area (Å²) in [5.41, 5.74) is 4.11.